The zero-order valence-electron chi connectivity index (χ0n) is 15.8. The van der Waals surface area contributed by atoms with Crippen LogP contribution in [0.2, 0.25) is 5.02 Å². The number of nitrogens with zero attached hydrogens (tertiary/aromatic N) is 4. The summed E-state index contributed by atoms with van der Waals surface area (Å²) in [4.78, 5) is 19.9. The monoisotopic (exact) mass is 507 g/mol. The van der Waals surface area contributed by atoms with Gasteiger partial charge in [-0.3, -0.25) is 0 Å². The van der Waals surface area contributed by atoms with Gasteiger partial charge in [0, 0.05) is 0 Å². The van der Waals surface area contributed by atoms with Crippen molar-refractivity contribution in [3.63, 3.8) is 0 Å². The van der Waals surface area contributed by atoms with Crippen LogP contribution in [0.5, 0.6) is 0 Å². The number of hydrogen-bond acceptors (Lipinski definition) is 6. The minimum absolute atomic E-state index is 0.0839. The molecule has 10 heteroatoms. The van der Waals surface area contributed by atoms with E-state index in [-0.39, 0.29) is 11.1 Å². The van der Waals surface area contributed by atoms with Crippen LogP contribution in [-0.2, 0) is 31.3 Å². The van der Waals surface area contributed by atoms with Crippen LogP contribution in [0.4, 0.5) is 15.8 Å². The molecule has 1 aromatic carbocycles. The van der Waals surface area contributed by atoms with Crippen molar-refractivity contribution in [3.8, 4) is 6.07 Å². The Morgan fingerprint density at radius 3 is 2.93 bits per heavy atom. The Morgan fingerprint density at radius 2 is 2.28 bits per heavy atom. The molecule has 0 spiro atoms. The number of aromatic nitrogens is 2. The zero-order valence-corrected chi connectivity index (χ0v) is 19.8. The first-order chi connectivity index (χ1) is 13.9. The summed E-state index contributed by atoms with van der Waals surface area (Å²) in [5.74, 6) is -0.404. The van der Waals surface area contributed by atoms with Crippen molar-refractivity contribution >= 4 is 48.5 Å². The third-order valence-electron chi connectivity index (χ3n) is 4.38. The van der Waals surface area contributed by atoms with Crippen molar-refractivity contribution in [2.45, 2.75) is 13.3 Å². The number of nitrogens with one attached hydrogen (secondary N) is 1. The first kappa shape index (κ1) is 21.8. The molecule has 0 unspecified atom stereocenters. The van der Waals surface area contributed by atoms with Crippen LogP contribution < -0.4 is 15.8 Å². The second kappa shape index (κ2) is 9.29. The van der Waals surface area contributed by atoms with E-state index in [2.05, 4.69) is 16.4 Å². The quantitative estimate of drug-likeness (QED) is 0.494. The molecular formula is C19H17ClFN5OSZr. The zero-order chi connectivity index (χ0) is 21.1. The van der Waals surface area contributed by atoms with Gasteiger partial charge in [0.05, 0.1) is 0 Å². The second-order valence-electron chi connectivity index (χ2n) is 6.31. The summed E-state index contributed by atoms with van der Waals surface area (Å²) in [6.07, 6.45) is 0.664. The number of nitriles is 1. The first-order valence-electron chi connectivity index (χ1n) is 8.73. The third-order valence-corrected chi connectivity index (χ3v) is 6.43. The maximum atomic E-state index is 13.9. The van der Waals surface area contributed by atoms with E-state index >= 15 is 0 Å². The molecule has 0 fully saturated rings. The number of aryl methyl sites for hydroxylation is 2. The molecule has 0 saturated carbocycles. The number of pyridine rings is 1. The Hall–Kier alpha value is -1.88. The topological polar surface area (TPSA) is 74.0 Å². The van der Waals surface area contributed by atoms with Gasteiger partial charge in [0.25, 0.3) is 0 Å². The molecule has 1 N–H and O–H groups in total. The van der Waals surface area contributed by atoms with E-state index in [1.54, 1.807) is 19.2 Å². The number of halogens is 2. The van der Waals surface area contributed by atoms with E-state index < -0.39 is 5.82 Å². The molecule has 0 atom stereocenters. The molecule has 0 aliphatic carbocycles. The van der Waals surface area contributed by atoms with Gasteiger partial charge in [0.2, 0.25) is 0 Å². The first-order valence-corrected chi connectivity index (χ1v) is 11.3. The van der Waals surface area contributed by atoms with E-state index in [4.69, 9.17) is 11.6 Å². The molecular weight excluding hydrogens is 492 g/mol. The van der Waals surface area contributed by atoms with Crippen molar-refractivity contribution in [1.29, 1.82) is 5.26 Å². The van der Waals surface area contributed by atoms with Gasteiger partial charge >= 0.3 is 192 Å². The summed E-state index contributed by atoms with van der Waals surface area (Å²) in [5, 5.41) is 13.8. The summed E-state index contributed by atoms with van der Waals surface area (Å²) in [6.45, 7) is 2.95. The number of fused-ring (bicyclic) bond motifs is 1. The normalized spacial score (nSPS) is 10.7. The molecule has 3 aromatic rings. The molecule has 6 nitrogen and oxygen atoms in total. The average Bonchev–Trinajstić information content (AvgIpc) is 3.08. The van der Waals surface area contributed by atoms with Crippen molar-refractivity contribution in [2.75, 3.05) is 23.3 Å². The molecule has 0 aliphatic rings. The van der Waals surface area contributed by atoms with Gasteiger partial charge in [0.1, 0.15) is 0 Å². The van der Waals surface area contributed by atoms with Crippen LogP contribution >= 0.6 is 22.9 Å². The van der Waals surface area contributed by atoms with E-state index in [9.17, 15) is 14.4 Å². The van der Waals surface area contributed by atoms with Crippen LogP contribution in [0.25, 0.3) is 10.3 Å². The Balaban J connectivity index is 1.84. The fourth-order valence-corrected chi connectivity index (χ4v) is 4.67. The molecule has 3 rings (SSSR count). The molecule has 0 radical (unpaired) electrons. The molecule has 29 heavy (non-hydrogen) atoms. The van der Waals surface area contributed by atoms with Crippen LogP contribution in [0.1, 0.15) is 17.0 Å². The summed E-state index contributed by atoms with van der Waals surface area (Å²) in [5.41, 5.74) is 1.34. The van der Waals surface area contributed by atoms with Gasteiger partial charge in [-0.05, 0) is 0 Å². The summed E-state index contributed by atoms with van der Waals surface area (Å²) in [7, 11) is 1.66. The van der Waals surface area contributed by atoms with E-state index in [0.29, 0.717) is 41.4 Å². The van der Waals surface area contributed by atoms with Crippen LogP contribution in [0, 0.1) is 24.1 Å². The number of benzene rings is 1. The van der Waals surface area contributed by atoms with Crippen molar-refractivity contribution < 1.29 is 28.6 Å². The summed E-state index contributed by atoms with van der Waals surface area (Å²) in [6, 6.07) is 6.54. The molecule has 2 heterocycles. The Morgan fingerprint density at radius 1 is 1.52 bits per heavy atom. The van der Waals surface area contributed by atoms with Crippen LogP contribution in [0.3, 0.4) is 0 Å². The molecule has 0 amide bonds. The SMILES string of the molecule is Cc1nc2c(N([CH]=[Zr])CCCNc3ccc(Cl)cc3F)c(C#N)c(=O)n(C)c2s1. The summed E-state index contributed by atoms with van der Waals surface area (Å²) < 4.78 is 17.3. The van der Waals surface area contributed by atoms with Crippen LogP contribution in [-0.4, -0.2) is 26.5 Å². The van der Waals surface area contributed by atoms with E-state index in [0.717, 1.165) is 34.1 Å². The third kappa shape index (κ3) is 4.50. The van der Waals surface area contributed by atoms with Crippen molar-refractivity contribution in [3.05, 3.63) is 50.0 Å². The van der Waals surface area contributed by atoms with Crippen molar-refractivity contribution in [1.82, 2.24) is 9.55 Å². The standard InChI is InChI=1S/C19H17ClFN5OS.Zr/c1-11-24-16-17(13(10-22)18(27)26(3)19(16)28-11)25(2)8-4-7-23-15-6-5-12(20)9-14(15)21;/h2,5-6,9,23H,4,7-8H2,1,3H3;. The molecule has 2 aromatic heterocycles. The molecule has 0 saturated heterocycles. The molecule has 148 valence electrons. The summed E-state index contributed by atoms with van der Waals surface area (Å²) >= 11 is 8.33. The number of hydrogen-bond donors (Lipinski definition) is 1. The Labute approximate surface area is 190 Å². The van der Waals surface area contributed by atoms with E-state index in [1.807, 2.05) is 15.7 Å². The van der Waals surface area contributed by atoms with Gasteiger partial charge in [-0.25, -0.2) is 0 Å². The molecule has 0 bridgehead atoms. The average molecular weight is 509 g/mol. The number of thiazole rings is 1. The predicted molar refractivity (Wildman–Crippen MR) is 112 cm³/mol. The Bertz CT molecular complexity index is 1190. The predicted octanol–water partition coefficient (Wildman–Crippen LogP) is 3.58. The van der Waals surface area contributed by atoms with Gasteiger partial charge < -0.3 is 0 Å². The van der Waals surface area contributed by atoms with Crippen molar-refractivity contribution in [2.24, 2.45) is 7.05 Å². The van der Waals surface area contributed by atoms with Gasteiger partial charge in [-0.15, -0.1) is 0 Å². The maximum absolute atomic E-state index is 13.9. The van der Waals surface area contributed by atoms with Crippen LogP contribution in [0.15, 0.2) is 23.0 Å². The fourth-order valence-electron chi connectivity index (χ4n) is 3.00. The minimum atomic E-state index is -0.404. The van der Waals surface area contributed by atoms with Gasteiger partial charge in [0.15, 0.2) is 0 Å². The Kier molecular flexibility index (Phi) is 6.99. The number of rotatable bonds is 7. The van der Waals surface area contributed by atoms with Gasteiger partial charge in [-0.1, -0.05) is 0 Å². The molecule has 0 aliphatic heterocycles. The van der Waals surface area contributed by atoms with Gasteiger partial charge in [-0.2, -0.15) is 0 Å². The fraction of sp³-hybridized carbons (Fsp3) is 0.263. The number of anilines is 2. The van der Waals surface area contributed by atoms with E-state index in [1.165, 1.54) is 22.0 Å². The second-order valence-corrected chi connectivity index (χ2v) is 8.57.